The number of nitrogens with one attached hydrogen (secondary N) is 2. The lowest BCUT2D eigenvalue weighted by atomic mass is 10.3. The number of amides is 3. The molecule has 4 heterocycles. The van der Waals surface area contributed by atoms with Gasteiger partial charge in [-0.05, 0) is 29.6 Å². The summed E-state index contributed by atoms with van der Waals surface area (Å²) in [6, 6.07) is 9.80. The van der Waals surface area contributed by atoms with Gasteiger partial charge < -0.3 is 10.6 Å². The predicted octanol–water partition coefficient (Wildman–Crippen LogP) is 2.90. The number of carbonyl (C=O) groups is 2. The summed E-state index contributed by atoms with van der Waals surface area (Å²) in [6.07, 6.45) is 1.70. The summed E-state index contributed by atoms with van der Waals surface area (Å²) in [5, 5.41) is 7.62. The van der Waals surface area contributed by atoms with Crippen LogP contribution in [0.1, 0.15) is 0 Å². The average Bonchev–Trinajstić information content (AvgIpc) is 3.39. The van der Waals surface area contributed by atoms with E-state index in [4.69, 9.17) is 0 Å². The molecule has 0 atom stereocenters. The number of nitrogens with zero attached hydrogens (tertiary/aromatic N) is 3. The van der Waals surface area contributed by atoms with Crippen molar-refractivity contribution in [1.82, 2.24) is 20.2 Å². The lowest BCUT2D eigenvalue weighted by Crippen LogP contribution is -2.35. The first-order chi connectivity index (χ1) is 12.7. The third-order valence-electron chi connectivity index (χ3n) is 3.83. The summed E-state index contributed by atoms with van der Waals surface area (Å²) in [6.45, 7) is 0.739. The number of rotatable bonds is 6. The van der Waals surface area contributed by atoms with Gasteiger partial charge in [0.2, 0.25) is 11.9 Å². The van der Waals surface area contributed by atoms with Crippen molar-refractivity contribution in [2.45, 2.75) is 0 Å². The van der Waals surface area contributed by atoms with Crippen LogP contribution in [0.4, 0.5) is 10.7 Å². The van der Waals surface area contributed by atoms with E-state index in [1.54, 1.807) is 28.9 Å². The smallest absolute Gasteiger partial charge is 0.324 e. The van der Waals surface area contributed by atoms with Gasteiger partial charge in [0.25, 0.3) is 0 Å². The van der Waals surface area contributed by atoms with Gasteiger partial charge in [0.1, 0.15) is 0 Å². The Bertz CT molecular complexity index is 922. The molecule has 0 unspecified atom stereocenters. The number of carbonyl (C=O) groups excluding carboxylic acids is 2. The van der Waals surface area contributed by atoms with Crippen LogP contribution in [0, 0.1) is 0 Å². The Labute approximate surface area is 157 Å². The van der Waals surface area contributed by atoms with Crippen LogP contribution in [0.5, 0.6) is 0 Å². The molecule has 3 aromatic rings. The molecule has 26 heavy (non-hydrogen) atoms. The van der Waals surface area contributed by atoms with E-state index in [9.17, 15) is 9.59 Å². The molecular weight excluding hydrogens is 370 g/mol. The molecule has 0 aromatic carbocycles. The van der Waals surface area contributed by atoms with E-state index in [2.05, 4.69) is 44.2 Å². The van der Waals surface area contributed by atoms with Gasteiger partial charge in [0.05, 0.1) is 17.1 Å². The fourth-order valence-electron chi connectivity index (χ4n) is 2.57. The highest BCUT2D eigenvalue weighted by molar-refractivity contribution is 7.23. The minimum atomic E-state index is -0.355. The Morgan fingerprint density at radius 3 is 2.81 bits per heavy atom. The molecule has 0 saturated carbocycles. The topological polar surface area (TPSA) is 87.2 Å². The van der Waals surface area contributed by atoms with E-state index in [-0.39, 0.29) is 25.0 Å². The number of thiophene rings is 2. The molecule has 0 radical (unpaired) electrons. The zero-order chi connectivity index (χ0) is 17.9. The number of imide groups is 1. The van der Waals surface area contributed by atoms with E-state index in [0.29, 0.717) is 12.5 Å². The van der Waals surface area contributed by atoms with Crippen molar-refractivity contribution in [1.29, 1.82) is 0 Å². The van der Waals surface area contributed by atoms with Crippen LogP contribution < -0.4 is 10.6 Å². The molecule has 0 bridgehead atoms. The molecule has 1 aliphatic rings. The van der Waals surface area contributed by atoms with Crippen LogP contribution in [0.15, 0.2) is 41.9 Å². The molecule has 2 N–H and O–H groups in total. The lowest BCUT2D eigenvalue weighted by Gasteiger charge is -2.12. The minimum absolute atomic E-state index is 0.0652. The van der Waals surface area contributed by atoms with Gasteiger partial charge in [-0.3, -0.25) is 9.69 Å². The van der Waals surface area contributed by atoms with E-state index in [1.165, 1.54) is 14.7 Å². The van der Waals surface area contributed by atoms with E-state index in [0.717, 1.165) is 10.6 Å². The van der Waals surface area contributed by atoms with Crippen molar-refractivity contribution in [3.05, 3.63) is 41.9 Å². The third kappa shape index (κ3) is 3.44. The van der Waals surface area contributed by atoms with Crippen LogP contribution in [0.2, 0.25) is 0 Å². The highest BCUT2D eigenvalue weighted by atomic mass is 32.1. The Morgan fingerprint density at radius 2 is 2.04 bits per heavy atom. The first-order valence-electron chi connectivity index (χ1n) is 8.00. The van der Waals surface area contributed by atoms with Gasteiger partial charge in [0.15, 0.2) is 0 Å². The van der Waals surface area contributed by atoms with Crippen LogP contribution in [-0.2, 0) is 4.79 Å². The maximum absolute atomic E-state index is 11.6. The summed E-state index contributed by atoms with van der Waals surface area (Å²) < 4.78 is 0. The molecular formula is C17H15N5O2S2. The standard InChI is InChI=1S/C17H15N5O2S2/c23-15-10-20-17(24)22(15)8-7-19-16-18-6-5-11(21-16)12-3-4-14(26-12)13-2-1-9-25-13/h1-6,9H,7-8,10H2,(H,20,24)(H,18,19,21). The van der Waals surface area contributed by atoms with Crippen LogP contribution >= 0.6 is 22.7 Å². The van der Waals surface area contributed by atoms with E-state index >= 15 is 0 Å². The zero-order valence-electron chi connectivity index (χ0n) is 13.6. The summed E-state index contributed by atoms with van der Waals surface area (Å²) in [4.78, 5) is 36.5. The molecule has 3 amide bonds. The van der Waals surface area contributed by atoms with Crippen molar-refractivity contribution in [2.75, 3.05) is 25.0 Å². The normalized spacial score (nSPS) is 13.9. The molecule has 4 rings (SSSR count). The van der Waals surface area contributed by atoms with Crippen molar-refractivity contribution in [3.8, 4) is 20.3 Å². The monoisotopic (exact) mass is 385 g/mol. The highest BCUT2D eigenvalue weighted by Gasteiger charge is 2.27. The largest absolute Gasteiger partial charge is 0.352 e. The molecule has 0 spiro atoms. The average molecular weight is 385 g/mol. The first-order valence-corrected chi connectivity index (χ1v) is 9.69. The van der Waals surface area contributed by atoms with Crippen molar-refractivity contribution in [3.63, 3.8) is 0 Å². The second-order valence-corrected chi connectivity index (χ2v) is 7.57. The van der Waals surface area contributed by atoms with Gasteiger partial charge in [-0.25, -0.2) is 14.8 Å². The molecule has 1 aliphatic heterocycles. The Hall–Kier alpha value is -2.78. The van der Waals surface area contributed by atoms with Crippen molar-refractivity contribution in [2.24, 2.45) is 0 Å². The van der Waals surface area contributed by atoms with Crippen molar-refractivity contribution < 1.29 is 9.59 Å². The maximum atomic E-state index is 11.6. The summed E-state index contributed by atoms with van der Waals surface area (Å²) in [7, 11) is 0. The lowest BCUT2D eigenvalue weighted by molar-refractivity contribution is -0.124. The first kappa shape index (κ1) is 16.7. The molecule has 1 saturated heterocycles. The second-order valence-electron chi connectivity index (χ2n) is 5.54. The fraction of sp³-hybridized carbons (Fsp3) is 0.176. The quantitative estimate of drug-likeness (QED) is 0.637. The predicted molar refractivity (Wildman–Crippen MR) is 102 cm³/mol. The molecule has 132 valence electrons. The van der Waals surface area contributed by atoms with Crippen LogP contribution in [0.25, 0.3) is 20.3 Å². The Balaban J connectivity index is 1.42. The molecule has 1 fully saturated rings. The second kappa shape index (κ2) is 7.22. The third-order valence-corrected chi connectivity index (χ3v) is 6.01. The molecule has 0 aliphatic carbocycles. The van der Waals surface area contributed by atoms with Crippen molar-refractivity contribution >= 4 is 40.6 Å². The summed E-state index contributed by atoms with van der Waals surface area (Å²) >= 11 is 3.40. The highest BCUT2D eigenvalue weighted by Crippen LogP contribution is 2.35. The number of urea groups is 1. The Kier molecular flexibility index (Phi) is 4.63. The molecule has 3 aromatic heterocycles. The van der Waals surface area contributed by atoms with Gasteiger partial charge in [-0.1, -0.05) is 6.07 Å². The van der Waals surface area contributed by atoms with Gasteiger partial charge >= 0.3 is 6.03 Å². The molecule has 9 heteroatoms. The minimum Gasteiger partial charge on any atom is -0.352 e. The van der Waals surface area contributed by atoms with Crippen LogP contribution in [0.3, 0.4) is 0 Å². The van der Waals surface area contributed by atoms with Crippen LogP contribution in [-0.4, -0.2) is 46.4 Å². The molecule has 7 nitrogen and oxygen atoms in total. The number of anilines is 1. The van der Waals surface area contributed by atoms with E-state index < -0.39 is 0 Å². The van der Waals surface area contributed by atoms with Gasteiger partial charge in [-0.2, -0.15) is 0 Å². The number of aromatic nitrogens is 2. The summed E-state index contributed by atoms with van der Waals surface area (Å²) in [5.41, 5.74) is 0.838. The fourth-order valence-corrected chi connectivity index (χ4v) is 4.38. The summed E-state index contributed by atoms with van der Waals surface area (Å²) in [5.74, 6) is 0.256. The Morgan fingerprint density at radius 1 is 1.15 bits per heavy atom. The number of hydrogen-bond donors (Lipinski definition) is 2. The van der Waals surface area contributed by atoms with Gasteiger partial charge in [-0.15, -0.1) is 22.7 Å². The van der Waals surface area contributed by atoms with Gasteiger partial charge in [0, 0.05) is 29.0 Å². The zero-order valence-corrected chi connectivity index (χ0v) is 15.3. The van der Waals surface area contributed by atoms with E-state index in [1.807, 2.05) is 12.1 Å². The SMILES string of the molecule is O=C1CNC(=O)N1CCNc1nccc(-c2ccc(-c3cccs3)s2)n1. The number of hydrogen-bond acceptors (Lipinski definition) is 7. The maximum Gasteiger partial charge on any atom is 0.324 e.